The van der Waals surface area contributed by atoms with Gasteiger partial charge in [0, 0.05) is 87.9 Å². The lowest BCUT2D eigenvalue weighted by Crippen LogP contribution is -2.05. The van der Waals surface area contributed by atoms with E-state index in [9.17, 15) is 0 Å². The van der Waals surface area contributed by atoms with Crippen molar-refractivity contribution < 1.29 is 0 Å². The number of rotatable bonds is 10. The zero-order chi connectivity index (χ0) is 66.2. The minimum atomic E-state index is 0.572. The van der Waals surface area contributed by atoms with Gasteiger partial charge in [-0.3, -0.25) is 0 Å². The summed E-state index contributed by atoms with van der Waals surface area (Å²) in [6.07, 6.45) is 6.61. The van der Waals surface area contributed by atoms with Crippen LogP contribution in [0.3, 0.4) is 0 Å². The molecule has 0 saturated heterocycles. The molecule has 0 bridgehead atoms. The molecule has 0 atom stereocenters. The Kier molecular flexibility index (Phi) is 12.7. The van der Waals surface area contributed by atoms with Gasteiger partial charge in [0.2, 0.25) is 0 Å². The highest BCUT2D eigenvalue weighted by Gasteiger charge is 2.26. The quantitative estimate of drug-likeness (QED) is 0.137. The fraction of sp³-hybridized carbons (Fsp3) is 0.0215. The van der Waals surface area contributed by atoms with Gasteiger partial charge < -0.3 is 22.8 Å². The second-order valence-corrected chi connectivity index (χ2v) is 26.6. The maximum Gasteiger partial charge on any atom is 0.164 e. The molecule has 0 radical (unpaired) electrons. The van der Waals surface area contributed by atoms with Gasteiger partial charge in [-0.15, -0.1) is 0 Å². The number of fused-ring (bicyclic) bond motifs is 15. The Hall–Kier alpha value is -13.4. The monoisotopic (exact) mass is 1290 g/mol. The van der Waals surface area contributed by atoms with Crippen molar-refractivity contribution >= 4 is 104 Å². The number of aromatic nitrogens is 8. The van der Waals surface area contributed by atoms with Crippen LogP contribution in [0.1, 0.15) is 17.7 Å². The van der Waals surface area contributed by atoms with Crippen molar-refractivity contribution in [3.8, 4) is 84.9 Å². The Balaban J connectivity index is 0.806. The number of para-hydroxylation sites is 7. The first-order chi connectivity index (χ1) is 50.1. The van der Waals surface area contributed by atoms with Crippen LogP contribution in [0.4, 0.5) is 0 Å². The number of hydrogen-bond acceptors (Lipinski definition) is 3. The molecule has 0 fully saturated rings. The average Bonchev–Trinajstić information content (AvgIpc) is 1.60. The largest absolute Gasteiger partial charge is 0.310 e. The first-order valence-electron chi connectivity index (χ1n) is 34.7. The molecule has 20 aromatic rings. The Morgan fingerprint density at radius 1 is 0.238 bits per heavy atom. The maximum atomic E-state index is 5.54. The van der Waals surface area contributed by atoms with Crippen molar-refractivity contribution in [2.45, 2.75) is 12.8 Å². The van der Waals surface area contributed by atoms with Crippen LogP contribution in [0.25, 0.3) is 189 Å². The molecule has 1 aliphatic carbocycles. The fourth-order valence-corrected chi connectivity index (χ4v) is 16.6. The Morgan fingerprint density at radius 3 is 1.28 bits per heavy atom. The van der Waals surface area contributed by atoms with Crippen molar-refractivity contribution in [2.75, 3.05) is 0 Å². The molecule has 6 heterocycles. The maximum absolute atomic E-state index is 5.54. The van der Waals surface area contributed by atoms with E-state index in [4.69, 9.17) is 15.0 Å². The minimum Gasteiger partial charge on any atom is -0.310 e. The number of benzene rings is 14. The summed E-state index contributed by atoms with van der Waals surface area (Å²) >= 11 is 0. The first kappa shape index (κ1) is 56.7. The van der Waals surface area contributed by atoms with Gasteiger partial charge >= 0.3 is 0 Å². The molecular weight excluding hydrogens is 1230 g/mol. The van der Waals surface area contributed by atoms with Gasteiger partial charge in [0.1, 0.15) is 0 Å². The van der Waals surface area contributed by atoms with Crippen molar-refractivity contribution in [2.24, 2.45) is 0 Å². The summed E-state index contributed by atoms with van der Waals surface area (Å²) in [6, 6.07) is 119. The molecule has 0 spiro atoms. The van der Waals surface area contributed by atoms with E-state index in [0.717, 1.165) is 113 Å². The van der Waals surface area contributed by atoms with E-state index in [1.807, 2.05) is 6.07 Å². The van der Waals surface area contributed by atoms with Gasteiger partial charge in [0.25, 0.3) is 0 Å². The van der Waals surface area contributed by atoms with Crippen LogP contribution in [0.5, 0.6) is 0 Å². The van der Waals surface area contributed by atoms with Gasteiger partial charge in [-0.2, -0.15) is 0 Å². The molecule has 0 amide bonds. The molecule has 0 N–H and O–H groups in total. The lowest BCUT2D eigenvalue weighted by Gasteiger charge is -2.18. The average molecular weight is 1290 g/mol. The predicted octanol–water partition coefficient (Wildman–Crippen LogP) is 23.5. The van der Waals surface area contributed by atoms with Gasteiger partial charge in [-0.05, 0) is 174 Å². The molecule has 8 heteroatoms. The highest BCUT2D eigenvalue weighted by Crippen LogP contribution is 2.46. The normalized spacial score (nSPS) is 12.4. The molecule has 14 aromatic carbocycles. The lowest BCUT2D eigenvalue weighted by atomic mass is 9.97. The van der Waals surface area contributed by atoms with Gasteiger partial charge in [0.05, 0.1) is 61.0 Å². The van der Waals surface area contributed by atoms with Crippen LogP contribution in [-0.4, -0.2) is 37.8 Å². The van der Waals surface area contributed by atoms with Crippen LogP contribution in [0, 0.1) is 0 Å². The molecule has 8 nitrogen and oxygen atoms in total. The molecule has 472 valence electrons. The Bertz CT molecular complexity index is 6770. The summed E-state index contributed by atoms with van der Waals surface area (Å²) < 4.78 is 12.1. The molecule has 0 saturated carbocycles. The second-order valence-electron chi connectivity index (χ2n) is 26.6. The summed E-state index contributed by atoms with van der Waals surface area (Å²) in [4.78, 5) is 16.3. The zero-order valence-electron chi connectivity index (χ0n) is 54.8. The SMILES string of the molecule is C1=Cc2c(c3ccccc3n2-c2cccc(-c3nc(-c4ccccc4)nc(-c4ccc(-n5c6ccc(-c7ccc8c(c7)c7ccccc7n8-c7ccccc7)cc6c6cc(-c7cccc8c7c7ccccc7n8-c7ccccc7)ccc65)c(-n5c6ccccc6c6ccccc65)c4)n3)c2)CC1. The van der Waals surface area contributed by atoms with Crippen LogP contribution in [-0.2, 0) is 6.42 Å². The number of aryl methyl sites for hydroxylation is 1. The van der Waals surface area contributed by atoms with Crippen LogP contribution >= 0.6 is 0 Å². The van der Waals surface area contributed by atoms with Crippen LogP contribution in [0.15, 0.2) is 334 Å². The smallest absolute Gasteiger partial charge is 0.164 e. The second kappa shape index (κ2) is 22.6. The fourth-order valence-electron chi connectivity index (χ4n) is 16.6. The van der Waals surface area contributed by atoms with E-state index in [-0.39, 0.29) is 0 Å². The lowest BCUT2D eigenvalue weighted by molar-refractivity contribution is 0.967. The molecular formula is C93H60N8. The topological polar surface area (TPSA) is 63.3 Å². The summed E-state index contributed by atoms with van der Waals surface area (Å²) in [5.74, 6) is 1.76. The van der Waals surface area contributed by atoms with E-state index in [0.29, 0.717) is 17.5 Å². The van der Waals surface area contributed by atoms with E-state index >= 15 is 0 Å². The van der Waals surface area contributed by atoms with Gasteiger partial charge in [-0.25, -0.2) is 15.0 Å². The molecule has 21 rings (SSSR count). The van der Waals surface area contributed by atoms with Crippen molar-refractivity contribution in [3.05, 3.63) is 345 Å². The molecule has 0 unspecified atom stereocenters. The van der Waals surface area contributed by atoms with Gasteiger partial charge in [0.15, 0.2) is 17.5 Å². The summed E-state index contributed by atoms with van der Waals surface area (Å²) in [5.41, 5.74) is 25.4. The number of hydrogen-bond donors (Lipinski definition) is 0. The highest BCUT2D eigenvalue weighted by molar-refractivity contribution is 6.19. The van der Waals surface area contributed by atoms with Crippen molar-refractivity contribution in [1.82, 2.24) is 37.8 Å². The third kappa shape index (κ3) is 8.85. The van der Waals surface area contributed by atoms with Crippen molar-refractivity contribution in [3.63, 3.8) is 0 Å². The first-order valence-corrected chi connectivity index (χ1v) is 34.7. The van der Waals surface area contributed by atoms with E-state index in [1.165, 1.54) is 76.6 Å². The molecule has 6 aromatic heterocycles. The molecule has 1 aliphatic rings. The molecule has 101 heavy (non-hydrogen) atoms. The standard InChI is InChI=1S/C93H60N8/c1-4-24-59(25-5-1)91-94-92(63-26-22-31-67(54-63)99-78-39-16-10-32-69(78)70-33-11-17-40-79(70)99)96-93(95-91)64-49-53-87(89(58-64)101-81-42-19-12-34-71(81)72-35-13-20-43-82(72)101)100-85-51-47-61(60-46-50-84-75(55-60)73-36-14-18-41-80(73)97(84)65-27-6-2-7-28-65)56-76(85)77-57-62(48-52-86(77)100)68-38-23-45-88-90(68)74-37-15-21-44-83(74)98(88)66-29-8-3-9-30-66/h1-10,12-32,34-58H,11,33H2. The third-order valence-corrected chi connectivity index (χ3v) is 21.0. The van der Waals surface area contributed by atoms with Gasteiger partial charge in [-0.1, -0.05) is 206 Å². The number of nitrogens with zero attached hydrogens (tertiary/aromatic N) is 8. The van der Waals surface area contributed by atoms with E-state index in [1.54, 1.807) is 0 Å². The van der Waals surface area contributed by atoms with E-state index < -0.39 is 0 Å². The highest BCUT2D eigenvalue weighted by atomic mass is 15.1. The summed E-state index contributed by atoms with van der Waals surface area (Å²) in [6.45, 7) is 0. The predicted molar refractivity (Wildman–Crippen MR) is 419 cm³/mol. The summed E-state index contributed by atoms with van der Waals surface area (Å²) in [5, 5.41) is 10.8. The zero-order valence-corrected chi connectivity index (χ0v) is 54.8. The molecule has 0 aliphatic heterocycles. The minimum absolute atomic E-state index is 0.572. The van der Waals surface area contributed by atoms with E-state index in [2.05, 4.69) is 357 Å². The Labute approximate surface area is 581 Å². The van der Waals surface area contributed by atoms with Crippen LogP contribution < -0.4 is 0 Å². The Morgan fingerprint density at radius 2 is 0.644 bits per heavy atom. The number of allylic oxidation sites excluding steroid dienone is 1. The summed E-state index contributed by atoms with van der Waals surface area (Å²) in [7, 11) is 0. The third-order valence-electron chi connectivity index (χ3n) is 21.0. The van der Waals surface area contributed by atoms with Crippen LogP contribution in [0.2, 0.25) is 0 Å². The van der Waals surface area contributed by atoms with Crippen molar-refractivity contribution in [1.29, 1.82) is 0 Å².